The minimum Gasteiger partial charge on any atom is -0.308 e. The maximum atomic E-state index is 13.5. The van der Waals surface area contributed by atoms with Gasteiger partial charge in [-0.05, 0) is 46.1 Å². The topological polar surface area (TPSA) is 23.6 Å². The lowest BCUT2D eigenvalue weighted by molar-refractivity contribution is 0.0948. The molecule has 1 aromatic rings. The van der Waals surface area contributed by atoms with Crippen LogP contribution in [0.25, 0.3) is 0 Å². The van der Waals surface area contributed by atoms with Crippen LogP contribution in [0.4, 0.5) is 4.39 Å². The third kappa shape index (κ3) is 5.56. The van der Waals surface area contributed by atoms with Crippen LogP contribution in [0.3, 0.4) is 0 Å². The van der Waals surface area contributed by atoms with E-state index in [9.17, 15) is 9.18 Å². The number of ketones is 1. The van der Waals surface area contributed by atoms with Crippen molar-refractivity contribution < 1.29 is 9.18 Å². The normalized spacial score (nSPS) is 13.0. The van der Waals surface area contributed by atoms with Crippen LogP contribution in [0, 0.1) is 12.7 Å². The lowest BCUT2D eigenvalue weighted by atomic mass is 10.1. The number of aryl methyl sites for hydroxylation is 1. The molecule has 0 aliphatic rings. The largest absolute Gasteiger partial charge is 0.308 e. The van der Waals surface area contributed by atoms with Crippen molar-refractivity contribution in [1.29, 1.82) is 0 Å². The minimum absolute atomic E-state index is 0.00408. The molecule has 0 heterocycles. The molecule has 1 unspecified atom stereocenters. The molecule has 0 bridgehead atoms. The van der Waals surface area contributed by atoms with Crippen LogP contribution in [0.5, 0.6) is 0 Å². The summed E-state index contributed by atoms with van der Waals surface area (Å²) in [5.74, 6) is -0.307. The number of halogens is 1. The first kappa shape index (κ1) is 17.8. The van der Waals surface area contributed by atoms with Gasteiger partial charge in [-0.2, -0.15) is 0 Å². The predicted molar refractivity (Wildman–Crippen MR) is 85.3 cm³/mol. The fourth-order valence-corrected chi connectivity index (χ4v) is 2.49. The Morgan fingerprint density at radius 3 is 2.52 bits per heavy atom. The number of carbonyl (C=O) groups is 1. The second-order valence-electron chi connectivity index (χ2n) is 5.88. The molecule has 118 valence electrons. The molecular weight excluding hydrogens is 267 g/mol. The van der Waals surface area contributed by atoms with E-state index >= 15 is 0 Å². The molecule has 0 N–H and O–H groups in total. The average molecular weight is 294 g/mol. The molecule has 0 aromatic heterocycles. The van der Waals surface area contributed by atoms with Crippen LogP contribution < -0.4 is 0 Å². The first-order chi connectivity index (χ1) is 9.85. The van der Waals surface area contributed by atoms with Gasteiger partial charge in [0, 0.05) is 31.1 Å². The zero-order valence-electron chi connectivity index (χ0n) is 13.8. The van der Waals surface area contributed by atoms with Crippen LogP contribution in [-0.4, -0.2) is 55.4 Å². The van der Waals surface area contributed by atoms with Crippen molar-refractivity contribution in [3.8, 4) is 0 Å². The third-order valence-corrected chi connectivity index (χ3v) is 3.78. The molecule has 21 heavy (non-hydrogen) atoms. The Morgan fingerprint density at radius 2 is 2.00 bits per heavy atom. The summed E-state index contributed by atoms with van der Waals surface area (Å²) < 4.78 is 13.5. The summed E-state index contributed by atoms with van der Waals surface area (Å²) in [7, 11) is 4.09. The summed E-state index contributed by atoms with van der Waals surface area (Å²) in [6.07, 6.45) is 0.425. The second kappa shape index (κ2) is 8.25. The number of benzene rings is 1. The highest BCUT2D eigenvalue weighted by atomic mass is 19.1. The monoisotopic (exact) mass is 294 g/mol. The Labute approximate surface area is 127 Å². The fourth-order valence-electron chi connectivity index (χ4n) is 2.49. The summed E-state index contributed by atoms with van der Waals surface area (Å²) in [4.78, 5) is 16.6. The second-order valence-corrected chi connectivity index (χ2v) is 5.88. The van der Waals surface area contributed by atoms with Gasteiger partial charge in [-0.15, -0.1) is 0 Å². The average Bonchev–Trinajstić information content (AvgIpc) is 2.41. The van der Waals surface area contributed by atoms with Crippen LogP contribution in [0.15, 0.2) is 18.2 Å². The van der Waals surface area contributed by atoms with Gasteiger partial charge in [-0.3, -0.25) is 9.69 Å². The Hall–Kier alpha value is -1.26. The standard InChI is InChI=1S/C17H27FN2O/c1-6-20(14(3)12-19(4)5)10-9-17(21)15-8-7-13(2)16(18)11-15/h7-8,11,14H,6,9-10,12H2,1-5H3. The molecule has 0 amide bonds. The van der Waals surface area contributed by atoms with Gasteiger partial charge < -0.3 is 4.90 Å². The molecule has 0 fully saturated rings. The van der Waals surface area contributed by atoms with Gasteiger partial charge >= 0.3 is 0 Å². The maximum absolute atomic E-state index is 13.5. The van der Waals surface area contributed by atoms with Crippen molar-refractivity contribution in [2.75, 3.05) is 33.7 Å². The smallest absolute Gasteiger partial charge is 0.164 e. The molecule has 1 rings (SSSR count). The van der Waals surface area contributed by atoms with Crippen molar-refractivity contribution in [2.24, 2.45) is 0 Å². The van der Waals surface area contributed by atoms with E-state index in [1.807, 2.05) is 14.1 Å². The van der Waals surface area contributed by atoms with E-state index in [0.29, 0.717) is 30.1 Å². The van der Waals surface area contributed by atoms with Crippen molar-refractivity contribution >= 4 is 5.78 Å². The number of hydrogen-bond acceptors (Lipinski definition) is 3. The van der Waals surface area contributed by atoms with Gasteiger partial charge in [0.1, 0.15) is 5.82 Å². The summed E-state index contributed by atoms with van der Waals surface area (Å²) in [6, 6.07) is 5.11. The lowest BCUT2D eigenvalue weighted by Gasteiger charge is -2.29. The number of likely N-dealkylation sites (N-methyl/N-ethyl adjacent to an activating group) is 2. The van der Waals surface area contributed by atoms with E-state index in [1.54, 1.807) is 19.1 Å². The Balaban J connectivity index is 2.59. The molecule has 4 heteroatoms. The van der Waals surface area contributed by atoms with Crippen molar-refractivity contribution in [3.05, 3.63) is 35.1 Å². The first-order valence-corrected chi connectivity index (χ1v) is 7.53. The third-order valence-electron chi connectivity index (χ3n) is 3.78. The van der Waals surface area contributed by atoms with Gasteiger partial charge in [0.05, 0.1) is 0 Å². The Morgan fingerprint density at radius 1 is 1.33 bits per heavy atom. The Bertz CT molecular complexity index is 474. The van der Waals surface area contributed by atoms with Gasteiger partial charge in [0.25, 0.3) is 0 Å². The maximum Gasteiger partial charge on any atom is 0.164 e. The molecule has 0 aliphatic carbocycles. The summed E-state index contributed by atoms with van der Waals surface area (Å²) in [5.41, 5.74) is 1.04. The van der Waals surface area contributed by atoms with Gasteiger partial charge in [-0.1, -0.05) is 19.1 Å². The number of carbonyl (C=O) groups excluding carboxylic acids is 1. The zero-order chi connectivity index (χ0) is 16.0. The summed E-state index contributed by atoms with van der Waals surface area (Å²) in [5, 5.41) is 0. The van der Waals surface area contributed by atoms with E-state index in [2.05, 4.69) is 23.6 Å². The molecular formula is C17H27FN2O. The van der Waals surface area contributed by atoms with Crippen LogP contribution >= 0.6 is 0 Å². The summed E-state index contributed by atoms with van der Waals surface area (Å²) in [6.45, 7) is 8.54. The highest BCUT2D eigenvalue weighted by Crippen LogP contribution is 2.12. The lowest BCUT2D eigenvalue weighted by Crippen LogP contribution is -2.41. The number of Topliss-reactive ketones (excluding diaryl/α,β-unsaturated/α-hetero) is 1. The molecule has 0 aliphatic heterocycles. The van der Waals surface area contributed by atoms with Crippen molar-refractivity contribution in [1.82, 2.24) is 9.80 Å². The van der Waals surface area contributed by atoms with Gasteiger partial charge in [-0.25, -0.2) is 4.39 Å². The molecule has 0 saturated carbocycles. The first-order valence-electron chi connectivity index (χ1n) is 7.53. The highest BCUT2D eigenvalue weighted by molar-refractivity contribution is 5.96. The molecule has 1 atom stereocenters. The number of hydrogen-bond donors (Lipinski definition) is 0. The van der Waals surface area contributed by atoms with Crippen LogP contribution in [0.1, 0.15) is 36.2 Å². The molecule has 0 radical (unpaired) electrons. The number of rotatable bonds is 8. The van der Waals surface area contributed by atoms with E-state index in [4.69, 9.17) is 0 Å². The van der Waals surface area contributed by atoms with Crippen LogP contribution in [0.2, 0.25) is 0 Å². The summed E-state index contributed by atoms with van der Waals surface area (Å²) >= 11 is 0. The van der Waals surface area contributed by atoms with Crippen LogP contribution in [-0.2, 0) is 0 Å². The fraction of sp³-hybridized carbons (Fsp3) is 0.588. The van der Waals surface area contributed by atoms with Gasteiger partial charge in [0.15, 0.2) is 5.78 Å². The van der Waals surface area contributed by atoms with Crippen molar-refractivity contribution in [2.45, 2.75) is 33.2 Å². The minimum atomic E-state index is -0.311. The quantitative estimate of drug-likeness (QED) is 0.689. The van der Waals surface area contributed by atoms with E-state index in [0.717, 1.165) is 13.1 Å². The molecule has 0 spiro atoms. The molecule has 0 saturated heterocycles. The highest BCUT2D eigenvalue weighted by Gasteiger charge is 2.15. The SMILES string of the molecule is CCN(CCC(=O)c1ccc(C)c(F)c1)C(C)CN(C)C. The predicted octanol–water partition coefficient (Wildman–Crippen LogP) is 2.98. The van der Waals surface area contributed by atoms with E-state index in [1.165, 1.54) is 6.07 Å². The molecule has 3 nitrogen and oxygen atoms in total. The zero-order valence-corrected chi connectivity index (χ0v) is 13.8. The van der Waals surface area contributed by atoms with Gasteiger partial charge in [0.2, 0.25) is 0 Å². The molecule has 1 aromatic carbocycles. The van der Waals surface area contributed by atoms with E-state index in [-0.39, 0.29) is 11.6 Å². The number of nitrogens with zero attached hydrogens (tertiary/aromatic N) is 2. The van der Waals surface area contributed by atoms with Crippen molar-refractivity contribution in [3.63, 3.8) is 0 Å². The Kier molecular flexibility index (Phi) is 6.99. The van der Waals surface area contributed by atoms with E-state index < -0.39 is 0 Å².